The largest absolute Gasteiger partial charge is 0.378 e. The van der Waals surface area contributed by atoms with E-state index in [0.29, 0.717) is 17.2 Å². The number of aromatic nitrogens is 2. The van der Waals surface area contributed by atoms with E-state index in [2.05, 4.69) is 37.7 Å². The minimum absolute atomic E-state index is 0.114. The topological polar surface area (TPSA) is 97.9 Å². The summed E-state index contributed by atoms with van der Waals surface area (Å²) < 4.78 is 5.45. The molecule has 0 bridgehead atoms. The number of fused-ring (bicyclic) bond motifs is 1. The van der Waals surface area contributed by atoms with E-state index < -0.39 is 0 Å². The smallest absolute Gasteiger partial charge is 0.259 e. The van der Waals surface area contributed by atoms with E-state index in [1.54, 1.807) is 6.20 Å². The van der Waals surface area contributed by atoms with Crippen LogP contribution in [-0.4, -0.2) is 73.2 Å². The molecule has 2 saturated heterocycles. The normalized spacial score (nSPS) is 21.1. The molecule has 3 N–H and O–H groups in total. The van der Waals surface area contributed by atoms with Gasteiger partial charge < -0.3 is 25.3 Å². The Hall–Kier alpha value is -3.43. The lowest BCUT2D eigenvalue weighted by atomic mass is 9.96. The summed E-state index contributed by atoms with van der Waals surface area (Å²) in [6, 6.07) is 10.7. The molecule has 3 aromatic rings. The third-order valence-corrected chi connectivity index (χ3v) is 7.26. The Bertz CT molecular complexity index is 1260. The Morgan fingerprint density at radius 3 is 2.66 bits per heavy atom. The highest BCUT2D eigenvalue weighted by atomic mass is 16.5. The molecule has 1 atom stereocenters. The molecule has 9 nitrogen and oxygen atoms in total. The first-order valence-corrected chi connectivity index (χ1v) is 12.5. The summed E-state index contributed by atoms with van der Waals surface area (Å²) >= 11 is 0. The fraction of sp³-hybridized carbons (Fsp3) is 0.423. The molecule has 6 rings (SSSR count). The van der Waals surface area contributed by atoms with Crippen LogP contribution in [-0.2, 0) is 4.74 Å². The van der Waals surface area contributed by atoms with E-state index >= 15 is 0 Å². The maximum atomic E-state index is 12.9. The molecule has 35 heavy (non-hydrogen) atoms. The number of pyridine rings is 2. The average Bonchev–Trinajstić information content (AvgIpc) is 3.41. The molecule has 0 radical (unpaired) electrons. The highest BCUT2D eigenvalue weighted by Gasteiger charge is 2.28. The zero-order valence-electron chi connectivity index (χ0n) is 19.7. The molecule has 1 unspecified atom stereocenters. The predicted octanol–water partition coefficient (Wildman–Crippen LogP) is 2.64. The number of hydrazone groups is 1. The molecule has 0 aliphatic carbocycles. The zero-order valence-corrected chi connectivity index (χ0v) is 19.7. The Morgan fingerprint density at radius 2 is 1.86 bits per heavy atom. The Balaban J connectivity index is 1.25. The lowest BCUT2D eigenvalue weighted by Gasteiger charge is -2.30. The lowest BCUT2D eigenvalue weighted by molar-refractivity contribution is 0.122. The Kier molecular flexibility index (Phi) is 6.10. The van der Waals surface area contributed by atoms with Gasteiger partial charge in [0.15, 0.2) is 0 Å². The fourth-order valence-corrected chi connectivity index (χ4v) is 5.32. The number of nitrogens with zero attached hydrogens (tertiary/aromatic N) is 4. The molecule has 0 saturated carbocycles. The number of hydrogen-bond acceptors (Lipinski definition) is 8. The van der Waals surface area contributed by atoms with Crippen molar-refractivity contribution < 1.29 is 4.74 Å². The van der Waals surface area contributed by atoms with Crippen molar-refractivity contribution in [2.45, 2.75) is 24.8 Å². The Morgan fingerprint density at radius 1 is 1.06 bits per heavy atom. The van der Waals surface area contributed by atoms with Crippen LogP contribution in [0.1, 0.15) is 24.3 Å². The molecule has 2 fully saturated rings. The number of H-pyrrole nitrogens is 1. The number of nitrogens with one attached hydrogen (secondary N) is 3. The number of ether oxygens (including phenoxy) is 1. The zero-order chi connectivity index (χ0) is 23.6. The number of benzene rings is 1. The summed E-state index contributed by atoms with van der Waals surface area (Å²) in [7, 11) is 0. The summed E-state index contributed by atoms with van der Waals surface area (Å²) in [6.45, 7) is 6.21. The van der Waals surface area contributed by atoms with Crippen LogP contribution >= 0.6 is 0 Å². The van der Waals surface area contributed by atoms with Gasteiger partial charge in [0.1, 0.15) is 5.82 Å². The second kappa shape index (κ2) is 9.67. The van der Waals surface area contributed by atoms with E-state index in [1.807, 2.05) is 30.6 Å². The van der Waals surface area contributed by atoms with Crippen molar-refractivity contribution in [3.05, 3.63) is 58.6 Å². The van der Waals surface area contributed by atoms with Crippen molar-refractivity contribution in [2.24, 2.45) is 5.10 Å². The van der Waals surface area contributed by atoms with Crippen molar-refractivity contribution in [3.8, 4) is 0 Å². The number of hydrogen-bond donors (Lipinski definition) is 3. The van der Waals surface area contributed by atoms with Crippen LogP contribution in [0.4, 0.5) is 17.2 Å². The van der Waals surface area contributed by atoms with Crippen LogP contribution in [0, 0.1) is 0 Å². The van der Waals surface area contributed by atoms with Gasteiger partial charge in [-0.25, -0.2) is 4.98 Å². The number of morpholine rings is 1. The van der Waals surface area contributed by atoms with Gasteiger partial charge in [0.25, 0.3) is 5.56 Å². The fourth-order valence-electron chi connectivity index (χ4n) is 5.32. The van der Waals surface area contributed by atoms with Gasteiger partial charge in [-0.15, -0.1) is 0 Å². The molecule has 9 heteroatoms. The highest BCUT2D eigenvalue weighted by molar-refractivity contribution is 5.96. The first-order chi connectivity index (χ1) is 17.3. The average molecular weight is 474 g/mol. The molecule has 3 aliphatic rings. The van der Waals surface area contributed by atoms with Gasteiger partial charge in [0.05, 0.1) is 18.6 Å². The van der Waals surface area contributed by atoms with Crippen molar-refractivity contribution in [1.82, 2.24) is 20.3 Å². The van der Waals surface area contributed by atoms with Gasteiger partial charge in [-0.2, -0.15) is 5.10 Å². The Labute approximate surface area is 204 Å². The van der Waals surface area contributed by atoms with Crippen LogP contribution in [0.3, 0.4) is 0 Å². The second-order valence-corrected chi connectivity index (χ2v) is 9.40. The lowest BCUT2D eigenvalue weighted by Crippen LogP contribution is -2.40. The summed E-state index contributed by atoms with van der Waals surface area (Å²) in [5.74, 6) is 0.679. The maximum absolute atomic E-state index is 12.9. The third-order valence-electron chi connectivity index (χ3n) is 7.26. The van der Waals surface area contributed by atoms with Gasteiger partial charge in [-0.1, -0.05) is 0 Å². The summed E-state index contributed by atoms with van der Waals surface area (Å²) in [4.78, 5) is 22.8. The van der Waals surface area contributed by atoms with Gasteiger partial charge in [0, 0.05) is 61.6 Å². The van der Waals surface area contributed by atoms with E-state index in [0.717, 1.165) is 75.4 Å². The molecule has 182 valence electrons. The van der Waals surface area contributed by atoms with Gasteiger partial charge in [-0.05, 0) is 67.2 Å². The maximum Gasteiger partial charge on any atom is 0.259 e. The quantitative estimate of drug-likeness (QED) is 0.524. The van der Waals surface area contributed by atoms with Crippen LogP contribution in [0.2, 0.25) is 0 Å². The van der Waals surface area contributed by atoms with E-state index in [4.69, 9.17) is 14.8 Å². The van der Waals surface area contributed by atoms with E-state index in [-0.39, 0.29) is 11.5 Å². The first-order valence-electron chi connectivity index (χ1n) is 12.5. The second-order valence-electron chi connectivity index (χ2n) is 9.40. The minimum Gasteiger partial charge on any atom is -0.378 e. The van der Waals surface area contributed by atoms with Crippen molar-refractivity contribution in [1.29, 1.82) is 0 Å². The molecule has 0 spiro atoms. The standard InChI is InChI=1S/C26H31N7O2/c34-26-24-22(7-10-28-26)23(18-15-30-33(17-18)21-5-8-27-9-6-21)16-29-25(24)31-19-1-3-20(4-2-19)32-11-13-35-14-12-32/h1-4,7,10,15-16,18,21,27H,5-6,8-9,11-14,17H2,(H,28,34)(H,29,31). The van der Waals surface area contributed by atoms with Gasteiger partial charge in [-0.3, -0.25) is 9.80 Å². The van der Waals surface area contributed by atoms with Crippen LogP contribution in [0.15, 0.2) is 52.6 Å². The molecule has 0 amide bonds. The van der Waals surface area contributed by atoms with Crippen molar-refractivity contribution in [2.75, 3.05) is 56.2 Å². The number of rotatable bonds is 5. The number of anilines is 3. The van der Waals surface area contributed by atoms with Crippen LogP contribution in [0.5, 0.6) is 0 Å². The molecule has 5 heterocycles. The number of aromatic amines is 1. The van der Waals surface area contributed by atoms with Crippen LogP contribution in [0.25, 0.3) is 10.8 Å². The van der Waals surface area contributed by atoms with Gasteiger partial charge >= 0.3 is 0 Å². The van der Waals surface area contributed by atoms with Gasteiger partial charge in [0.2, 0.25) is 0 Å². The summed E-state index contributed by atoms with van der Waals surface area (Å²) in [5, 5.41) is 15.2. The molecule has 3 aliphatic heterocycles. The monoisotopic (exact) mass is 473 g/mol. The first kappa shape index (κ1) is 22.1. The molecular formula is C26H31N7O2. The molecule has 2 aromatic heterocycles. The summed E-state index contributed by atoms with van der Waals surface area (Å²) in [5.41, 5.74) is 2.96. The van der Waals surface area contributed by atoms with E-state index in [1.165, 1.54) is 5.69 Å². The third kappa shape index (κ3) is 4.49. The SMILES string of the molecule is O=c1[nH]ccc2c(C3C=NN(C4CCNCC4)C3)cnc(Nc3ccc(N4CCOCC4)cc3)c12. The summed E-state index contributed by atoms with van der Waals surface area (Å²) in [6.07, 6.45) is 7.84. The van der Waals surface area contributed by atoms with Crippen molar-refractivity contribution >= 4 is 34.2 Å². The van der Waals surface area contributed by atoms with E-state index in [9.17, 15) is 4.79 Å². The number of piperidine rings is 1. The minimum atomic E-state index is -0.144. The van der Waals surface area contributed by atoms with Crippen LogP contribution < -0.4 is 21.1 Å². The highest BCUT2D eigenvalue weighted by Crippen LogP contribution is 2.32. The molecule has 1 aromatic carbocycles. The molecular weight excluding hydrogens is 442 g/mol. The predicted molar refractivity (Wildman–Crippen MR) is 139 cm³/mol. The van der Waals surface area contributed by atoms with Crippen molar-refractivity contribution in [3.63, 3.8) is 0 Å².